The van der Waals surface area contributed by atoms with Crippen molar-refractivity contribution in [3.63, 3.8) is 0 Å². The predicted octanol–water partition coefficient (Wildman–Crippen LogP) is 4.37. The van der Waals surface area contributed by atoms with E-state index in [1.54, 1.807) is 17.6 Å². The molecule has 0 fully saturated rings. The molecule has 2 aromatic rings. The van der Waals surface area contributed by atoms with E-state index < -0.39 is 0 Å². The predicted molar refractivity (Wildman–Crippen MR) is 91.8 cm³/mol. The van der Waals surface area contributed by atoms with Gasteiger partial charge in [0.15, 0.2) is 0 Å². The summed E-state index contributed by atoms with van der Waals surface area (Å²) in [6.07, 6.45) is 5.13. The maximum atomic E-state index is 11.6. The molecule has 1 aromatic carbocycles. The molecule has 2 rings (SSSR count). The number of nitrogens with one attached hydrogen (secondary N) is 1. The fraction of sp³-hybridized carbons (Fsp3) is 0.250. The van der Waals surface area contributed by atoms with E-state index in [-0.39, 0.29) is 5.91 Å². The maximum absolute atomic E-state index is 11.6. The zero-order valence-electron chi connectivity index (χ0n) is 11.6. The molecule has 1 aromatic heterocycles. The number of halogens is 1. The van der Waals surface area contributed by atoms with Gasteiger partial charge in [0.1, 0.15) is 0 Å². The van der Waals surface area contributed by atoms with Gasteiger partial charge in [0.05, 0.1) is 6.21 Å². The van der Waals surface area contributed by atoms with E-state index in [2.05, 4.69) is 44.0 Å². The molecule has 1 amide bonds. The number of hydrogen-bond donors (Lipinski definition) is 1. The topological polar surface area (TPSA) is 41.5 Å². The van der Waals surface area contributed by atoms with Crippen LogP contribution in [0.1, 0.15) is 29.7 Å². The average Bonchev–Trinajstić information content (AvgIpc) is 2.97. The molecule has 21 heavy (non-hydrogen) atoms. The molecule has 0 radical (unpaired) electrons. The molecule has 0 aliphatic carbocycles. The Bertz CT molecular complexity index is 596. The van der Waals surface area contributed by atoms with Crippen LogP contribution in [0, 0.1) is 0 Å². The highest BCUT2D eigenvalue weighted by atomic mass is 79.9. The number of benzene rings is 1. The average molecular weight is 365 g/mol. The number of nitrogens with zero attached hydrogens (tertiary/aromatic N) is 1. The van der Waals surface area contributed by atoms with Crippen molar-refractivity contribution < 1.29 is 4.79 Å². The number of rotatable bonds is 7. The van der Waals surface area contributed by atoms with Gasteiger partial charge in [-0.3, -0.25) is 4.79 Å². The van der Waals surface area contributed by atoms with Gasteiger partial charge >= 0.3 is 0 Å². The molecule has 0 aliphatic rings. The Balaban J connectivity index is 1.63. The largest absolute Gasteiger partial charge is 0.273 e. The van der Waals surface area contributed by atoms with Crippen molar-refractivity contribution in [2.45, 2.75) is 25.7 Å². The first-order valence-electron chi connectivity index (χ1n) is 6.84. The molecule has 0 atom stereocenters. The second-order valence-corrected chi connectivity index (χ2v) is 6.58. The number of carbonyl (C=O) groups excluding carboxylic acids is 1. The van der Waals surface area contributed by atoms with Crippen LogP contribution in [0.2, 0.25) is 0 Å². The first-order valence-corrected chi connectivity index (χ1v) is 8.51. The van der Waals surface area contributed by atoms with Gasteiger partial charge < -0.3 is 0 Å². The Morgan fingerprint density at radius 2 is 2.19 bits per heavy atom. The Morgan fingerprint density at radius 3 is 2.95 bits per heavy atom. The minimum Gasteiger partial charge on any atom is -0.273 e. The highest BCUT2D eigenvalue weighted by molar-refractivity contribution is 9.10. The van der Waals surface area contributed by atoms with E-state index >= 15 is 0 Å². The van der Waals surface area contributed by atoms with Crippen LogP contribution in [-0.2, 0) is 11.2 Å². The SMILES string of the molecule is O=C(CCCCc1cccs1)N/N=C/c1cccc(Br)c1. The summed E-state index contributed by atoms with van der Waals surface area (Å²) in [4.78, 5) is 13.0. The van der Waals surface area contributed by atoms with E-state index in [9.17, 15) is 4.79 Å². The van der Waals surface area contributed by atoms with Crippen LogP contribution in [0.15, 0.2) is 51.4 Å². The van der Waals surface area contributed by atoms with E-state index in [0.29, 0.717) is 6.42 Å². The fourth-order valence-electron chi connectivity index (χ4n) is 1.86. The van der Waals surface area contributed by atoms with Crippen LogP contribution >= 0.6 is 27.3 Å². The smallest absolute Gasteiger partial charge is 0.240 e. The van der Waals surface area contributed by atoms with Crippen molar-refractivity contribution in [3.05, 3.63) is 56.7 Å². The first-order chi connectivity index (χ1) is 10.2. The van der Waals surface area contributed by atoms with Crippen molar-refractivity contribution in [2.24, 2.45) is 5.10 Å². The number of thiophene rings is 1. The van der Waals surface area contributed by atoms with Crippen molar-refractivity contribution in [1.29, 1.82) is 0 Å². The highest BCUT2D eigenvalue weighted by Gasteiger charge is 2.00. The van der Waals surface area contributed by atoms with Crippen molar-refractivity contribution in [2.75, 3.05) is 0 Å². The van der Waals surface area contributed by atoms with E-state index in [4.69, 9.17) is 0 Å². The van der Waals surface area contributed by atoms with Gasteiger partial charge in [0.2, 0.25) is 5.91 Å². The molecule has 0 unspecified atom stereocenters. The fourth-order valence-corrected chi connectivity index (χ4v) is 3.03. The normalized spacial score (nSPS) is 10.9. The van der Waals surface area contributed by atoms with Crippen LogP contribution < -0.4 is 5.43 Å². The molecule has 0 aliphatic heterocycles. The van der Waals surface area contributed by atoms with Gasteiger partial charge in [-0.05, 0) is 48.4 Å². The lowest BCUT2D eigenvalue weighted by Crippen LogP contribution is -2.16. The van der Waals surface area contributed by atoms with Gasteiger partial charge in [-0.2, -0.15) is 5.10 Å². The number of hydrogen-bond acceptors (Lipinski definition) is 3. The Kier molecular flexibility index (Phi) is 6.63. The Labute approximate surface area is 137 Å². The summed E-state index contributed by atoms with van der Waals surface area (Å²) in [6.45, 7) is 0. The van der Waals surface area contributed by atoms with Gasteiger partial charge in [-0.25, -0.2) is 5.43 Å². The van der Waals surface area contributed by atoms with Crippen LogP contribution in [0.5, 0.6) is 0 Å². The summed E-state index contributed by atoms with van der Waals surface area (Å²) in [5.41, 5.74) is 3.51. The third kappa shape index (κ3) is 6.23. The molecule has 0 saturated heterocycles. The lowest BCUT2D eigenvalue weighted by molar-refractivity contribution is -0.121. The molecule has 110 valence electrons. The van der Waals surface area contributed by atoms with Crippen LogP contribution in [0.3, 0.4) is 0 Å². The van der Waals surface area contributed by atoms with Crippen molar-refractivity contribution in [3.8, 4) is 0 Å². The molecule has 1 heterocycles. The Morgan fingerprint density at radius 1 is 1.29 bits per heavy atom. The third-order valence-corrected chi connectivity index (χ3v) is 4.34. The van der Waals surface area contributed by atoms with E-state index in [1.807, 2.05) is 24.3 Å². The summed E-state index contributed by atoms with van der Waals surface area (Å²) in [5.74, 6) is -0.0348. The minimum atomic E-state index is -0.0348. The van der Waals surface area contributed by atoms with Crippen LogP contribution in [-0.4, -0.2) is 12.1 Å². The quantitative estimate of drug-likeness (QED) is 0.442. The minimum absolute atomic E-state index is 0.0348. The number of unbranched alkanes of at least 4 members (excludes halogenated alkanes) is 1. The number of hydrazone groups is 1. The molecule has 0 saturated carbocycles. The Hall–Kier alpha value is -1.46. The molecule has 3 nitrogen and oxygen atoms in total. The van der Waals surface area contributed by atoms with Crippen LogP contribution in [0.25, 0.3) is 0 Å². The molecule has 1 N–H and O–H groups in total. The van der Waals surface area contributed by atoms with Crippen molar-refractivity contribution in [1.82, 2.24) is 5.43 Å². The second kappa shape index (κ2) is 8.74. The number of aryl methyl sites for hydroxylation is 1. The van der Waals surface area contributed by atoms with E-state index in [1.165, 1.54) is 4.88 Å². The number of carbonyl (C=O) groups is 1. The lowest BCUT2D eigenvalue weighted by atomic mass is 10.2. The van der Waals surface area contributed by atoms with Gasteiger partial charge in [-0.15, -0.1) is 11.3 Å². The summed E-state index contributed by atoms with van der Waals surface area (Å²) in [7, 11) is 0. The third-order valence-electron chi connectivity index (χ3n) is 2.91. The monoisotopic (exact) mass is 364 g/mol. The molecule has 5 heteroatoms. The van der Waals surface area contributed by atoms with Gasteiger partial charge in [0, 0.05) is 15.8 Å². The molecule has 0 bridgehead atoms. The van der Waals surface area contributed by atoms with Crippen molar-refractivity contribution >= 4 is 39.4 Å². The zero-order chi connectivity index (χ0) is 14.9. The van der Waals surface area contributed by atoms with Gasteiger partial charge in [0.25, 0.3) is 0 Å². The summed E-state index contributed by atoms with van der Waals surface area (Å²) in [5, 5.41) is 6.05. The highest BCUT2D eigenvalue weighted by Crippen LogP contribution is 2.12. The van der Waals surface area contributed by atoms with E-state index in [0.717, 1.165) is 29.3 Å². The summed E-state index contributed by atoms with van der Waals surface area (Å²) < 4.78 is 0.992. The number of amides is 1. The summed E-state index contributed by atoms with van der Waals surface area (Å²) >= 11 is 5.16. The molecule has 0 spiro atoms. The van der Waals surface area contributed by atoms with Gasteiger partial charge in [-0.1, -0.05) is 34.1 Å². The zero-order valence-corrected chi connectivity index (χ0v) is 14.0. The van der Waals surface area contributed by atoms with Crippen LogP contribution in [0.4, 0.5) is 0 Å². The second-order valence-electron chi connectivity index (χ2n) is 4.63. The summed E-state index contributed by atoms with van der Waals surface area (Å²) in [6, 6.07) is 11.9. The maximum Gasteiger partial charge on any atom is 0.240 e. The molecular weight excluding hydrogens is 348 g/mol. The lowest BCUT2D eigenvalue weighted by Gasteiger charge is -2.00. The first kappa shape index (κ1) is 15.9. The molecular formula is C16H17BrN2OS. The standard InChI is InChI=1S/C16H17BrN2OS/c17-14-6-3-5-13(11-14)12-18-19-16(20)9-2-1-7-15-8-4-10-21-15/h3-6,8,10-12H,1-2,7,9H2,(H,19,20)/b18-12+.